The standard InChI is InChI=1S/C6H12S4/c7-4-10-3-6(9)1-5(8)2-6/h5,7-9H,1-4H2. The number of thioether (sulfide) groups is 1. The van der Waals surface area contributed by atoms with E-state index in [-0.39, 0.29) is 4.75 Å². The second-order valence-electron chi connectivity index (χ2n) is 2.76. The normalized spacial score (nSPS) is 39.3. The van der Waals surface area contributed by atoms with E-state index in [0.717, 1.165) is 23.7 Å². The van der Waals surface area contributed by atoms with Crippen LogP contribution >= 0.6 is 49.6 Å². The van der Waals surface area contributed by atoms with Crippen LogP contribution in [0.5, 0.6) is 0 Å². The molecule has 0 aromatic rings. The zero-order valence-corrected chi connectivity index (χ0v) is 9.16. The van der Waals surface area contributed by atoms with Crippen molar-refractivity contribution in [2.75, 3.05) is 10.8 Å². The Labute approximate surface area is 83.1 Å². The summed E-state index contributed by atoms with van der Waals surface area (Å²) in [5.41, 5.74) is 0. The van der Waals surface area contributed by atoms with E-state index in [1.165, 1.54) is 0 Å². The van der Waals surface area contributed by atoms with E-state index in [1.807, 2.05) is 11.8 Å². The molecule has 1 aliphatic rings. The first-order valence-electron chi connectivity index (χ1n) is 3.25. The second-order valence-corrected chi connectivity index (χ2v) is 6.17. The van der Waals surface area contributed by atoms with Gasteiger partial charge in [0.15, 0.2) is 0 Å². The minimum Gasteiger partial charge on any atom is -0.176 e. The molecule has 0 heterocycles. The Morgan fingerprint density at radius 1 is 1.50 bits per heavy atom. The predicted molar refractivity (Wildman–Crippen MR) is 60.0 cm³/mol. The number of rotatable bonds is 3. The van der Waals surface area contributed by atoms with Gasteiger partial charge in [0.05, 0.1) is 0 Å². The fraction of sp³-hybridized carbons (Fsp3) is 1.00. The van der Waals surface area contributed by atoms with Crippen LogP contribution < -0.4 is 0 Å². The molecule has 0 saturated heterocycles. The van der Waals surface area contributed by atoms with E-state index in [0.29, 0.717) is 5.25 Å². The van der Waals surface area contributed by atoms with Crippen LogP contribution in [-0.2, 0) is 0 Å². The van der Waals surface area contributed by atoms with Crippen LogP contribution in [0.25, 0.3) is 0 Å². The Morgan fingerprint density at radius 3 is 2.50 bits per heavy atom. The molecular weight excluding hydrogens is 200 g/mol. The zero-order chi connectivity index (χ0) is 7.61. The zero-order valence-electron chi connectivity index (χ0n) is 5.66. The SMILES string of the molecule is SCSCC1(S)CC(S)C1. The summed E-state index contributed by atoms with van der Waals surface area (Å²) in [6.07, 6.45) is 2.31. The third-order valence-corrected chi connectivity index (χ3v) is 4.28. The Morgan fingerprint density at radius 2 is 2.10 bits per heavy atom. The summed E-state index contributed by atoms with van der Waals surface area (Å²) >= 11 is 14.9. The molecule has 0 N–H and O–H groups in total. The molecule has 1 saturated carbocycles. The summed E-state index contributed by atoms with van der Waals surface area (Å²) in [4.78, 5) is 0. The number of hydrogen-bond donors (Lipinski definition) is 3. The largest absolute Gasteiger partial charge is 0.176 e. The van der Waals surface area contributed by atoms with Crippen LogP contribution in [-0.4, -0.2) is 20.8 Å². The Bertz CT molecular complexity index is 108. The molecule has 4 heteroatoms. The maximum absolute atomic E-state index is 4.56. The second kappa shape index (κ2) is 3.87. The van der Waals surface area contributed by atoms with Crippen molar-refractivity contribution in [3.63, 3.8) is 0 Å². The van der Waals surface area contributed by atoms with Gasteiger partial charge in [-0.3, -0.25) is 0 Å². The van der Waals surface area contributed by atoms with Gasteiger partial charge < -0.3 is 0 Å². The van der Waals surface area contributed by atoms with E-state index in [1.54, 1.807) is 0 Å². The highest BCUT2D eigenvalue weighted by Crippen LogP contribution is 2.43. The van der Waals surface area contributed by atoms with Gasteiger partial charge in [0.1, 0.15) is 0 Å². The van der Waals surface area contributed by atoms with E-state index in [2.05, 4.69) is 37.9 Å². The van der Waals surface area contributed by atoms with Crippen molar-refractivity contribution in [3.05, 3.63) is 0 Å². The quantitative estimate of drug-likeness (QED) is 0.477. The first-order valence-corrected chi connectivity index (χ1v) is 6.00. The molecule has 60 valence electrons. The fourth-order valence-electron chi connectivity index (χ4n) is 1.17. The summed E-state index contributed by atoms with van der Waals surface area (Å²) in [6, 6.07) is 0. The first kappa shape index (κ1) is 9.49. The third kappa shape index (κ3) is 2.47. The molecule has 0 radical (unpaired) electrons. The summed E-state index contributed by atoms with van der Waals surface area (Å²) in [5, 5.41) is 1.50. The van der Waals surface area contributed by atoms with Crippen molar-refractivity contribution >= 4 is 49.6 Å². The molecule has 0 unspecified atom stereocenters. The molecular formula is C6H12S4. The lowest BCUT2D eigenvalue weighted by atomic mass is 9.85. The van der Waals surface area contributed by atoms with Gasteiger partial charge in [-0.1, -0.05) is 0 Å². The van der Waals surface area contributed by atoms with Gasteiger partial charge >= 0.3 is 0 Å². The van der Waals surface area contributed by atoms with Crippen molar-refractivity contribution in [3.8, 4) is 0 Å². The summed E-state index contributed by atoms with van der Waals surface area (Å²) in [5.74, 6) is 1.12. The van der Waals surface area contributed by atoms with Crippen molar-refractivity contribution in [1.29, 1.82) is 0 Å². The van der Waals surface area contributed by atoms with Gasteiger partial charge in [-0.15, -0.1) is 11.8 Å². The fourth-order valence-corrected chi connectivity index (χ4v) is 3.85. The molecule has 0 aliphatic heterocycles. The van der Waals surface area contributed by atoms with Gasteiger partial charge in [-0.05, 0) is 12.8 Å². The molecule has 0 amide bonds. The minimum absolute atomic E-state index is 0.278. The molecule has 1 rings (SSSR count). The summed E-state index contributed by atoms with van der Waals surface area (Å²) in [6.45, 7) is 0. The van der Waals surface area contributed by atoms with Gasteiger partial charge in [-0.2, -0.15) is 37.9 Å². The molecule has 0 aromatic heterocycles. The molecule has 1 fully saturated rings. The predicted octanol–water partition coefficient (Wildman–Crippen LogP) is 2.37. The van der Waals surface area contributed by atoms with Gasteiger partial charge in [0.25, 0.3) is 0 Å². The highest BCUT2D eigenvalue weighted by molar-refractivity contribution is 8.09. The number of thiol groups is 3. The molecule has 0 bridgehead atoms. The topological polar surface area (TPSA) is 0 Å². The van der Waals surface area contributed by atoms with Crippen LogP contribution in [0.2, 0.25) is 0 Å². The van der Waals surface area contributed by atoms with Crippen molar-refractivity contribution in [2.24, 2.45) is 0 Å². The van der Waals surface area contributed by atoms with E-state index in [4.69, 9.17) is 0 Å². The molecule has 0 atom stereocenters. The van der Waals surface area contributed by atoms with Crippen molar-refractivity contribution < 1.29 is 0 Å². The third-order valence-electron chi connectivity index (χ3n) is 1.69. The molecule has 10 heavy (non-hydrogen) atoms. The van der Waals surface area contributed by atoms with Crippen LogP contribution in [0.15, 0.2) is 0 Å². The Kier molecular flexibility index (Phi) is 3.68. The monoisotopic (exact) mass is 212 g/mol. The Hall–Kier alpha value is 1.40. The first-order chi connectivity index (χ1) is 4.66. The van der Waals surface area contributed by atoms with Gasteiger partial charge in [-0.25, -0.2) is 0 Å². The average molecular weight is 212 g/mol. The highest BCUT2D eigenvalue weighted by atomic mass is 32.2. The Balaban J connectivity index is 2.15. The maximum Gasteiger partial charge on any atom is 0.0362 e. The van der Waals surface area contributed by atoms with E-state index in [9.17, 15) is 0 Å². The average Bonchev–Trinajstić information content (AvgIpc) is 1.81. The summed E-state index contributed by atoms with van der Waals surface area (Å²) in [7, 11) is 0. The lowest BCUT2D eigenvalue weighted by Gasteiger charge is -2.41. The van der Waals surface area contributed by atoms with E-state index >= 15 is 0 Å². The number of hydrogen-bond acceptors (Lipinski definition) is 4. The van der Waals surface area contributed by atoms with Crippen LogP contribution in [0.3, 0.4) is 0 Å². The minimum atomic E-state index is 0.278. The molecule has 0 spiro atoms. The van der Waals surface area contributed by atoms with Crippen molar-refractivity contribution in [1.82, 2.24) is 0 Å². The van der Waals surface area contributed by atoms with E-state index < -0.39 is 0 Å². The van der Waals surface area contributed by atoms with Gasteiger partial charge in [0, 0.05) is 20.8 Å². The van der Waals surface area contributed by atoms with Crippen LogP contribution in [0.1, 0.15) is 12.8 Å². The van der Waals surface area contributed by atoms with Crippen LogP contribution in [0.4, 0.5) is 0 Å². The van der Waals surface area contributed by atoms with Crippen molar-refractivity contribution in [2.45, 2.75) is 22.8 Å². The smallest absolute Gasteiger partial charge is 0.0362 e. The highest BCUT2D eigenvalue weighted by Gasteiger charge is 2.38. The van der Waals surface area contributed by atoms with Gasteiger partial charge in [0.2, 0.25) is 0 Å². The molecule has 1 aliphatic carbocycles. The lowest BCUT2D eigenvalue weighted by molar-refractivity contribution is 0.419. The lowest BCUT2D eigenvalue weighted by Crippen LogP contribution is -2.41. The maximum atomic E-state index is 4.56. The van der Waals surface area contributed by atoms with Crippen LogP contribution in [0, 0.1) is 0 Å². The summed E-state index contributed by atoms with van der Waals surface area (Å²) < 4.78 is 0.278. The molecule has 0 aromatic carbocycles. The molecule has 0 nitrogen and oxygen atoms in total.